The van der Waals surface area contributed by atoms with Crippen molar-refractivity contribution in [2.45, 2.75) is 33.0 Å². The maximum Gasteiger partial charge on any atom is 0.271 e. The second kappa shape index (κ2) is 5.89. The first-order valence-corrected chi connectivity index (χ1v) is 6.85. The van der Waals surface area contributed by atoms with Gasteiger partial charge in [-0.05, 0) is 13.8 Å². The van der Waals surface area contributed by atoms with Crippen molar-refractivity contribution in [3.8, 4) is 0 Å². The highest BCUT2D eigenvalue weighted by molar-refractivity contribution is 7.09. The first-order valence-electron chi connectivity index (χ1n) is 5.97. The summed E-state index contributed by atoms with van der Waals surface area (Å²) in [6, 6.07) is -0.158. The maximum atomic E-state index is 11.9. The van der Waals surface area contributed by atoms with Gasteiger partial charge in [-0.2, -0.15) is 0 Å². The van der Waals surface area contributed by atoms with E-state index in [1.807, 2.05) is 18.4 Å². The number of rotatable bonds is 5. The van der Waals surface area contributed by atoms with Crippen molar-refractivity contribution in [2.75, 3.05) is 0 Å². The molecular formula is C11H16N6OS. The molecule has 8 heteroatoms. The zero-order chi connectivity index (χ0) is 13.8. The molecule has 1 amide bonds. The van der Waals surface area contributed by atoms with E-state index >= 15 is 0 Å². The van der Waals surface area contributed by atoms with Crippen molar-refractivity contribution >= 4 is 17.2 Å². The molecule has 2 heterocycles. The number of nitrogens with two attached hydrogens (primary N) is 1. The molecule has 0 aliphatic rings. The molecule has 0 saturated heterocycles. The van der Waals surface area contributed by atoms with Gasteiger partial charge in [0, 0.05) is 11.9 Å². The summed E-state index contributed by atoms with van der Waals surface area (Å²) in [5, 5.41) is 13.0. The number of nitrogens with zero attached hydrogens (tertiary/aromatic N) is 4. The smallest absolute Gasteiger partial charge is 0.271 e. The van der Waals surface area contributed by atoms with E-state index in [-0.39, 0.29) is 11.9 Å². The quantitative estimate of drug-likeness (QED) is 0.840. The van der Waals surface area contributed by atoms with Crippen molar-refractivity contribution < 1.29 is 4.79 Å². The Kier molecular flexibility index (Phi) is 4.23. The summed E-state index contributed by atoms with van der Waals surface area (Å²) in [7, 11) is 0. The number of aromatic nitrogens is 4. The molecule has 1 unspecified atom stereocenters. The third-order valence-electron chi connectivity index (χ3n) is 2.59. The Morgan fingerprint density at radius 1 is 1.63 bits per heavy atom. The highest BCUT2D eigenvalue weighted by atomic mass is 32.1. The number of amides is 1. The molecule has 0 aliphatic carbocycles. The standard InChI is InChI=1S/C11H16N6OS/c1-3-17-6-14-16-9(17)4-13-10(18)8-5-19-11(15-8)7(2)12/h5-7H,3-4,12H2,1-2H3,(H,13,18). The van der Waals surface area contributed by atoms with Gasteiger partial charge in [0.15, 0.2) is 5.82 Å². The Hall–Kier alpha value is -1.80. The second-order valence-electron chi connectivity index (χ2n) is 4.08. The number of hydrogen-bond donors (Lipinski definition) is 2. The Morgan fingerprint density at radius 3 is 3.05 bits per heavy atom. The van der Waals surface area contributed by atoms with Gasteiger partial charge in [0.25, 0.3) is 5.91 Å². The van der Waals surface area contributed by atoms with Gasteiger partial charge in [-0.3, -0.25) is 4.79 Å². The zero-order valence-corrected chi connectivity index (χ0v) is 11.6. The van der Waals surface area contributed by atoms with Crippen LogP contribution in [-0.2, 0) is 13.1 Å². The fourth-order valence-corrected chi connectivity index (χ4v) is 2.29. The molecule has 0 aromatic carbocycles. The van der Waals surface area contributed by atoms with Crippen LogP contribution >= 0.6 is 11.3 Å². The lowest BCUT2D eigenvalue weighted by Gasteiger charge is -2.04. The van der Waals surface area contributed by atoms with Crippen LogP contribution in [0.25, 0.3) is 0 Å². The number of thiazole rings is 1. The molecule has 0 aliphatic heterocycles. The van der Waals surface area contributed by atoms with Gasteiger partial charge < -0.3 is 15.6 Å². The monoisotopic (exact) mass is 280 g/mol. The van der Waals surface area contributed by atoms with Crippen LogP contribution in [0.2, 0.25) is 0 Å². The summed E-state index contributed by atoms with van der Waals surface area (Å²) in [5.74, 6) is 0.493. The highest BCUT2D eigenvalue weighted by Gasteiger charge is 2.13. The number of carbonyl (C=O) groups excluding carboxylic acids is 1. The molecule has 0 saturated carbocycles. The van der Waals surface area contributed by atoms with E-state index in [2.05, 4.69) is 20.5 Å². The lowest BCUT2D eigenvalue weighted by Crippen LogP contribution is -2.25. The van der Waals surface area contributed by atoms with Crippen molar-refractivity contribution in [3.05, 3.63) is 28.2 Å². The van der Waals surface area contributed by atoms with Gasteiger partial charge in [-0.15, -0.1) is 21.5 Å². The van der Waals surface area contributed by atoms with Crippen molar-refractivity contribution in [2.24, 2.45) is 5.73 Å². The minimum atomic E-state index is -0.228. The molecule has 2 rings (SSSR count). The molecule has 2 aromatic rings. The maximum absolute atomic E-state index is 11.9. The summed E-state index contributed by atoms with van der Waals surface area (Å²) in [6.45, 7) is 4.93. The summed E-state index contributed by atoms with van der Waals surface area (Å²) in [5.41, 5.74) is 6.10. The van der Waals surface area contributed by atoms with Crippen molar-refractivity contribution in [1.82, 2.24) is 25.1 Å². The molecule has 0 radical (unpaired) electrons. The van der Waals surface area contributed by atoms with Gasteiger partial charge >= 0.3 is 0 Å². The third-order valence-corrected chi connectivity index (χ3v) is 3.63. The molecule has 3 N–H and O–H groups in total. The van der Waals surface area contributed by atoms with Crippen LogP contribution in [-0.4, -0.2) is 25.7 Å². The molecule has 7 nitrogen and oxygen atoms in total. The van der Waals surface area contributed by atoms with E-state index in [0.29, 0.717) is 12.2 Å². The fourth-order valence-electron chi connectivity index (χ4n) is 1.53. The van der Waals surface area contributed by atoms with E-state index in [0.717, 1.165) is 17.4 Å². The Bertz CT molecular complexity index is 561. The van der Waals surface area contributed by atoms with Crippen LogP contribution in [0, 0.1) is 0 Å². The SMILES string of the molecule is CCn1cnnc1CNC(=O)c1csc(C(C)N)n1. The van der Waals surface area contributed by atoms with Gasteiger partial charge in [-0.25, -0.2) is 4.98 Å². The van der Waals surface area contributed by atoms with E-state index in [1.165, 1.54) is 11.3 Å². The minimum Gasteiger partial charge on any atom is -0.343 e. The molecule has 2 aromatic heterocycles. The lowest BCUT2D eigenvalue weighted by atomic mass is 10.4. The predicted molar refractivity (Wildman–Crippen MR) is 71.6 cm³/mol. The third kappa shape index (κ3) is 3.15. The van der Waals surface area contributed by atoms with Crippen molar-refractivity contribution in [3.63, 3.8) is 0 Å². The van der Waals surface area contributed by atoms with Crippen LogP contribution in [0.5, 0.6) is 0 Å². The molecule has 0 bridgehead atoms. The molecule has 19 heavy (non-hydrogen) atoms. The fraction of sp³-hybridized carbons (Fsp3) is 0.455. The number of aryl methyl sites for hydroxylation is 1. The van der Waals surface area contributed by atoms with Crippen molar-refractivity contribution in [1.29, 1.82) is 0 Å². The van der Waals surface area contributed by atoms with E-state index in [1.54, 1.807) is 11.7 Å². The van der Waals surface area contributed by atoms with Gasteiger partial charge in [0.1, 0.15) is 17.0 Å². The normalized spacial score (nSPS) is 12.4. The summed E-state index contributed by atoms with van der Waals surface area (Å²) in [4.78, 5) is 16.1. The van der Waals surface area contributed by atoms with E-state index in [4.69, 9.17) is 5.73 Å². The first kappa shape index (κ1) is 13.6. The topological polar surface area (TPSA) is 98.7 Å². The van der Waals surface area contributed by atoms with Crippen LogP contribution in [0.1, 0.15) is 41.2 Å². The number of carbonyl (C=O) groups is 1. The molecule has 0 spiro atoms. The van der Waals surface area contributed by atoms with Crippen LogP contribution in [0.15, 0.2) is 11.7 Å². The number of hydrogen-bond acceptors (Lipinski definition) is 6. The predicted octanol–water partition coefficient (Wildman–Crippen LogP) is 0.704. The first-order chi connectivity index (χ1) is 9.11. The highest BCUT2D eigenvalue weighted by Crippen LogP contribution is 2.15. The van der Waals surface area contributed by atoms with Gasteiger partial charge in [0.05, 0.1) is 12.6 Å². The van der Waals surface area contributed by atoms with Gasteiger partial charge in [-0.1, -0.05) is 0 Å². The lowest BCUT2D eigenvalue weighted by molar-refractivity contribution is 0.0945. The minimum absolute atomic E-state index is 0.158. The molecular weight excluding hydrogens is 264 g/mol. The van der Waals surface area contributed by atoms with Crippen LogP contribution in [0.3, 0.4) is 0 Å². The summed E-state index contributed by atoms with van der Waals surface area (Å²) in [6.07, 6.45) is 1.64. The van der Waals surface area contributed by atoms with E-state index in [9.17, 15) is 4.79 Å². The Balaban J connectivity index is 1.97. The summed E-state index contributed by atoms with van der Waals surface area (Å²) >= 11 is 1.39. The average molecular weight is 280 g/mol. The molecule has 1 atom stereocenters. The number of nitrogens with one attached hydrogen (secondary N) is 1. The Morgan fingerprint density at radius 2 is 2.42 bits per heavy atom. The van der Waals surface area contributed by atoms with Gasteiger partial charge in [0.2, 0.25) is 0 Å². The largest absolute Gasteiger partial charge is 0.343 e. The average Bonchev–Trinajstić information content (AvgIpc) is 3.04. The van der Waals surface area contributed by atoms with Crippen LogP contribution in [0.4, 0.5) is 0 Å². The summed E-state index contributed by atoms with van der Waals surface area (Å²) < 4.78 is 1.87. The second-order valence-corrected chi connectivity index (χ2v) is 4.97. The molecule has 102 valence electrons. The Labute approximate surface area is 114 Å². The zero-order valence-electron chi connectivity index (χ0n) is 10.8. The molecule has 0 fully saturated rings. The van der Waals surface area contributed by atoms with E-state index < -0.39 is 0 Å². The van der Waals surface area contributed by atoms with Crippen LogP contribution < -0.4 is 11.1 Å².